The number of ether oxygens (including phenoxy) is 1. The van der Waals surface area contributed by atoms with Crippen LogP contribution in [0.2, 0.25) is 0 Å². The molecule has 0 N–H and O–H groups in total. The minimum atomic E-state index is -0.260. The highest BCUT2D eigenvalue weighted by molar-refractivity contribution is 7.80. The van der Waals surface area contributed by atoms with Gasteiger partial charge in [0.25, 0.3) is 0 Å². The fourth-order valence-corrected chi connectivity index (χ4v) is 10.9. The van der Waals surface area contributed by atoms with Crippen LogP contribution < -0.4 is 0 Å². The number of hydrogen-bond donors (Lipinski definition) is 1. The van der Waals surface area contributed by atoms with Gasteiger partial charge in [0.05, 0.1) is 6.61 Å². The Morgan fingerprint density at radius 1 is 0.925 bits per heavy atom. The van der Waals surface area contributed by atoms with Crippen molar-refractivity contribution in [3.05, 3.63) is 12.2 Å². The SMILES string of the molecule is C=C(C)C(=O)OCC(CS)CC[C@H]1CC[C@@]2(C)C(CC[C@@H]3C2CC[C@@]2(C)C3CC[C@@H]2[C@H](C)CC[C@@H](C)C(C)C)C1. The molecular weight excluding hydrogens is 508 g/mol. The van der Waals surface area contributed by atoms with Gasteiger partial charge >= 0.3 is 5.97 Å². The fourth-order valence-electron chi connectivity index (χ4n) is 10.7. The first-order valence-corrected chi connectivity index (χ1v) is 18.0. The molecule has 0 aliphatic heterocycles. The summed E-state index contributed by atoms with van der Waals surface area (Å²) in [6.45, 7) is 21.3. The predicted octanol–water partition coefficient (Wildman–Crippen LogP) is 10.4. The second kappa shape index (κ2) is 13.5. The first kappa shape index (κ1) is 32.5. The fraction of sp³-hybridized carbons (Fsp3) is 0.919. The van der Waals surface area contributed by atoms with Gasteiger partial charge in [-0.05, 0) is 141 Å². The Morgan fingerprint density at radius 2 is 1.62 bits per heavy atom. The molecule has 4 unspecified atom stereocenters. The van der Waals surface area contributed by atoms with Gasteiger partial charge in [-0.3, -0.25) is 0 Å². The second-order valence-electron chi connectivity index (χ2n) is 16.3. The van der Waals surface area contributed by atoms with Crippen molar-refractivity contribution in [2.75, 3.05) is 12.4 Å². The maximum atomic E-state index is 11.8. The molecule has 4 aliphatic carbocycles. The van der Waals surface area contributed by atoms with Crippen molar-refractivity contribution < 1.29 is 9.53 Å². The van der Waals surface area contributed by atoms with E-state index in [1.165, 1.54) is 77.0 Å². The highest BCUT2D eigenvalue weighted by atomic mass is 32.1. The molecule has 3 heteroatoms. The topological polar surface area (TPSA) is 26.3 Å². The van der Waals surface area contributed by atoms with Gasteiger partial charge in [0.2, 0.25) is 0 Å². The number of thiol groups is 1. The third-order valence-corrected chi connectivity index (χ3v) is 14.3. The molecule has 4 fully saturated rings. The van der Waals surface area contributed by atoms with Gasteiger partial charge in [-0.2, -0.15) is 12.6 Å². The van der Waals surface area contributed by atoms with Gasteiger partial charge in [0.15, 0.2) is 0 Å². The number of carbonyl (C=O) groups is 1. The highest BCUT2D eigenvalue weighted by Gasteiger charge is 2.60. The summed E-state index contributed by atoms with van der Waals surface area (Å²) in [7, 11) is 0. The van der Waals surface area contributed by atoms with Gasteiger partial charge in [-0.15, -0.1) is 0 Å². The Hall–Kier alpha value is -0.440. The Kier molecular flexibility index (Phi) is 10.9. The smallest absolute Gasteiger partial charge is 0.333 e. The van der Waals surface area contributed by atoms with Crippen LogP contribution in [-0.4, -0.2) is 18.3 Å². The number of hydrogen-bond acceptors (Lipinski definition) is 3. The Balaban J connectivity index is 1.32. The van der Waals surface area contributed by atoms with E-state index in [9.17, 15) is 4.79 Å². The first-order valence-electron chi connectivity index (χ1n) is 17.3. The zero-order valence-corrected chi connectivity index (χ0v) is 28.2. The van der Waals surface area contributed by atoms with E-state index in [4.69, 9.17) is 4.74 Å². The third kappa shape index (κ3) is 6.70. The summed E-state index contributed by atoms with van der Waals surface area (Å²) in [4.78, 5) is 11.8. The zero-order valence-electron chi connectivity index (χ0n) is 27.4. The van der Waals surface area contributed by atoms with Crippen molar-refractivity contribution in [3.63, 3.8) is 0 Å². The lowest BCUT2D eigenvalue weighted by Gasteiger charge is -2.61. The maximum Gasteiger partial charge on any atom is 0.333 e. The molecule has 11 atom stereocenters. The summed E-state index contributed by atoms with van der Waals surface area (Å²) in [5.41, 5.74) is 1.65. The molecular formula is C37H64O2S. The molecule has 4 rings (SSSR count). The van der Waals surface area contributed by atoms with Crippen LogP contribution in [0.4, 0.5) is 0 Å². The molecule has 4 saturated carbocycles. The quantitative estimate of drug-likeness (QED) is 0.143. The molecule has 0 amide bonds. The molecule has 4 aliphatic rings. The van der Waals surface area contributed by atoms with E-state index in [1.807, 2.05) is 0 Å². The largest absolute Gasteiger partial charge is 0.462 e. The van der Waals surface area contributed by atoms with E-state index in [0.29, 0.717) is 28.9 Å². The maximum absolute atomic E-state index is 11.8. The monoisotopic (exact) mass is 572 g/mol. The van der Waals surface area contributed by atoms with Crippen molar-refractivity contribution in [3.8, 4) is 0 Å². The minimum Gasteiger partial charge on any atom is -0.462 e. The molecule has 2 nitrogen and oxygen atoms in total. The lowest BCUT2D eigenvalue weighted by atomic mass is 9.44. The molecule has 0 aromatic heterocycles. The molecule has 0 heterocycles. The summed E-state index contributed by atoms with van der Waals surface area (Å²) >= 11 is 4.58. The van der Waals surface area contributed by atoms with Crippen molar-refractivity contribution in [2.24, 2.45) is 70.0 Å². The number of fused-ring (bicyclic) bond motifs is 5. The van der Waals surface area contributed by atoms with Gasteiger partial charge in [0, 0.05) is 11.5 Å². The van der Waals surface area contributed by atoms with E-state index in [-0.39, 0.29) is 5.97 Å². The van der Waals surface area contributed by atoms with E-state index >= 15 is 0 Å². The molecule has 0 aromatic rings. The zero-order chi connectivity index (χ0) is 29.2. The Bertz CT molecular complexity index is 866. The van der Waals surface area contributed by atoms with Crippen LogP contribution in [0.3, 0.4) is 0 Å². The predicted molar refractivity (Wildman–Crippen MR) is 173 cm³/mol. The molecule has 230 valence electrons. The van der Waals surface area contributed by atoms with Crippen LogP contribution in [0, 0.1) is 70.0 Å². The van der Waals surface area contributed by atoms with Crippen molar-refractivity contribution in [1.82, 2.24) is 0 Å². The average molecular weight is 573 g/mol. The average Bonchev–Trinajstić information content (AvgIpc) is 3.28. The number of rotatable bonds is 12. The Labute approximate surface area is 254 Å². The first-order chi connectivity index (χ1) is 18.9. The van der Waals surface area contributed by atoms with E-state index in [0.717, 1.165) is 65.4 Å². The molecule has 40 heavy (non-hydrogen) atoms. The van der Waals surface area contributed by atoms with E-state index in [2.05, 4.69) is 60.8 Å². The molecule has 0 aromatic carbocycles. The summed E-state index contributed by atoms with van der Waals surface area (Å²) in [6.07, 6.45) is 18.5. The van der Waals surface area contributed by atoms with Crippen LogP contribution in [0.5, 0.6) is 0 Å². The van der Waals surface area contributed by atoms with Crippen LogP contribution in [-0.2, 0) is 9.53 Å². The van der Waals surface area contributed by atoms with Gasteiger partial charge < -0.3 is 4.74 Å². The summed E-state index contributed by atoms with van der Waals surface area (Å²) < 4.78 is 5.47. The molecule has 0 saturated heterocycles. The number of esters is 1. The van der Waals surface area contributed by atoms with Crippen LogP contribution >= 0.6 is 12.6 Å². The minimum absolute atomic E-state index is 0.260. The Morgan fingerprint density at radius 3 is 2.30 bits per heavy atom. The van der Waals surface area contributed by atoms with Crippen molar-refractivity contribution in [1.29, 1.82) is 0 Å². The van der Waals surface area contributed by atoms with E-state index < -0.39 is 0 Å². The van der Waals surface area contributed by atoms with Crippen molar-refractivity contribution in [2.45, 2.75) is 132 Å². The van der Waals surface area contributed by atoms with Crippen LogP contribution in [0.1, 0.15) is 132 Å². The van der Waals surface area contributed by atoms with Gasteiger partial charge in [0.1, 0.15) is 0 Å². The highest BCUT2D eigenvalue weighted by Crippen LogP contribution is 2.68. The molecule has 0 radical (unpaired) electrons. The lowest BCUT2D eigenvalue weighted by molar-refractivity contribution is -0.140. The van der Waals surface area contributed by atoms with Crippen LogP contribution in [0.25, 0.3) is 0 Å². The summed E-state index contributed by atoms with van der Waals surface area (Å²) in [5.74, 6) is 9.09. The standard InChI is InChI=1S/C37H64O2S/c1-24(2)26(5)9-10-27(6)32-15-16-33-31-14-13-30-21-28(11-12-29(23-40)22-39-35(38)25(3)4)17-19-36(30,7)34(31)18-20-37(32,33)8/h24,26-34,40H,3,9-23H2,1-2,4-8H3/t26-,27-,28+,29?,30?,31+,32-,33?,34?,36+,37-/m1/s1. The van der Waals surface area contributed by atoms with Crippen molar-refractivity contribution >= 4 is 18.6 Å². The normalized spacial score (nSPS) is 39.5. The van der Waals surface area contributed by atoms with Gasteiger partial charge in [-0.25, -0.2) is 4.79 Å². The van der Waals surface area contributed by atoms with Crippen LogP contribution in [0.15, 0.2) is 12.2 Å². The van der Waals surface area contributed by atoms with E-state index in [1.54, 1.807) is 6.92 Å². The molecule has 0 spiro atoms. The van der Waals surface area contributed by atoms with Gasteiger partial charge in [-0.1, -0.05) is 67.4 Å². The third-order valence-electron chi connectivity index (χ3n) is 13.8. The number of carbonyl (C=O) groups excluding carboxylic acids is 1. The molecule has 0 bridgehead atoms. The summed E-state index contributed by atoms with van der Waals surface area (Å²) in [5, 5.41) is 0. The lowest BCUT2D eigenvalue weighted by Crippen LogP contribution is -2.53. The second-order valence-corrected chi connectivity index (χ2v) is 16.7. The summed E-state index contributed by atoms with van der Waals surface area (Å²) in [6, 6.07) is 0.